The number of amides is 1. The zero-order valence-corrected chi connectivity index (χ0v) is 18.1. The van der Waals surface area contributed by atoms with Crippen LogP contribution in [0.15, 0.2) is 41.3 Å². The Bertz CT molecular complexity index is 1050. The highest BCUT2D eigenvalue weighted by atomic mass is 32.2. The van der Waals surface area contributed by atoms with Crippen molar-refractivity contribution in [1.82, 2.24) is 9.62 Å². The lowest BCUT2D eigenvalue weighted by atomic mass is 9.95. The first-order chi connectivity index (χ1) is 14.1. The van der Waals surface area contributed by atoms with E-state index in [2.05, 4.69) is 11.4 Å². The van der Waals surface area contributed by atoms with E-state index in [0.29, 0.717) is 18.9 Å². The zero-order valence-electron chi connectivity index (χ0n) is 17.3. The second-order valence-corrected chi connectivity index (χ2v) is 9.78. The van der Waals surface area contributed by atoms with Crippen LogP contribution < -0.4 is 5.32 Å². The third kappa shape index (κ3) is 4.70. The van der Waals surface area contributed by atoms with Crippen molar-refractivity contribution in [2.45, 2.75) is 44.6 Å². The molecule has 0 saturated carbocycles. The Morgan fingerprint density at radius 2 is 1.73 bits per heavy atom. The first kappa shape index (κ1) is 22.4. The van der Waals surface area contributed by atoms with Gasteiger partial charge in [-0.3, -0.25) is 4.79 Å². The molecule has 1 aliphatic heterocycles. The highest BCUT2D eigenvalue weighted by Gasteiger charge is 2.33. The van der Waals surface area contributed by atoms with Gasteiger partial charge in [0.05, 0.1) is 10.9 Å². The summed E-state index contributed by atoms with van der Waals surface area (Å²) in [7, 11) is -3.93. The van der Waals surface area contributed by atoms with E-state index >= 15 is 0 Å². The van der Waals surface area contributed by atoms with Crippen molar-refractivity contribution in [3.63, 3.8) is 0 Å². The number of sulfonamides is 1. The van der Waals surface area contributed by atoms with Crippen LogP contribution in [-0.4, -0.2) is 31.7 Å². The first-order valence-corrected chi connectivity index (χ1v) is 11.4. The minimum absolute atomic E-state index is 0.103. The molecule has 3 rings (SSSR count). The molecule has 0 bridgehead atoms. The fourth-order valence-corrected chi connectivity index (χ4v) is 5.26. The molecule has 1 unspecified atom stereocenters. The van der Waals surface area contributed by atoms with E-state index < -0.39 is 21.7 Å². The second-order valence-electron chi connectivity index (χ2n) is 7.84. The molecular weight excluding hydrogens is 410 g/mol. The van der Waals surface area contributed by atoms with Crippen molar-refractivity contribution in [2.75, 3.05) is 13.1 Å². The Labute approximate surface area is 176 Å². The number of aryl methyl sites for hydroxylation is 2. The van der Waals surface area contributed by atoms with Crippen molar-refractivity contribution in [1.29, 1.82) is 0 Å². The van der Waals surface area contributed by atoms with E-state index in [-0.39, 0.29) is 35.9 Å². The van der Waals surface area contributed by atoms with Gasteiger partial charge in [0.25, 0.3) is 0 Å². The number of benzene rings is 2. The Morgan fingerprint density at radius 3 is 2.37 bits per heavy atom. The van der Waals surface area contributed by atoms with Crippen molar-refractivity contribution in [3.8, 4) is 0 Å². The summed E-state index contributed by atoms with van der Waals surface area (Å²) in [6.45, 7) is 6.23. The molecular formula is C22H26F2N2O3S. The van der Waals surface area contributed by atoms with Gasteiger partial charge in [-0.1, -0.05) is 23.8 Å². The summed E-state index contributed by atoms with van der Waals surface area (Å²) in [4.78, 5) is 12.4. The summed E-state index contributed by atoms with van der Waals surface area (Å²) in [5, 5.41) is 3.03. The lowest BCUT2D eigenvalue weighted by Crippen LogP contribution is -2.43. The molecule has 0 aromatic heterocycles. The van der Waals surface area contributed by atoms with E-state index in [1.807, 2.05) is 32.9 Å². The molecule has 1 heterocycles. The number of hydrogen-bond acceptors (Lipinski definition) is 3. The quantitative estimate of drug-likeness (QED) is 0.774. The Hall–Kier alpha value is -2.32. The molecule has 162 valence electrons. The lowest BCUT2D eigenvalue weighted by Gasteiger charge is -2.31. The highest BCUT2D eigenvalue weighted by molar-refractivity contribution is 7.89. The maximum absolute atomic E-state index is 13.4. The molecule has 1 fully saturated rings. The largest absolute Gasteiger partial charge is 0.349 e. The van der Waals surface area contributed by atoms with E-state index in [4.69, 9.17) is 0 Å². The molecule has 8 heteroatoms. The van der Waals surface area contributed by atoms with Gasteiger partial charge in [-0.2, -0.15) is 4.31 Å². The summed E-state index contributed by atoms with van der Waals surface area (Å²) in [5.41, 5.74) is 3.27. The van der Waals surface area contributed by atoms with Crippen LogP contribution in [-0.2, 0) is 14.8 Å². The van der Waals surface area contributed by atoms with Crippen molar-refractivity contribution in [3.05, 3.63) is 64.7 Å². The van der Waals surface area contributed by atoms with E-state index in [9.17, 15) is 22.0 Å². The number of carbonyl (C=O) groups is 1. The van der Waals surface area contributed by atoms with E-state index in [1.54, 1.807) is 0 Å². The van der Waals surface area contributed by atoms with Gasteiger partial charge >= 0.3 is 0 Å². The van der Waals surface area contributed by atoms with Gasteiger partial charge in [-0.25, -0.2) is 17.2 Å². The third-order valence-corrected chi connectivity index (χ3v) is 7.51. The SMILES string of the molecule is Cc1ccc(C)c(C(C)NC(=O)C2CCN(S(=O)(=O)c3ccc(F)c(F)c3)CC2)c1. The van der Waals surface area contributed by atoms with Crippen LogP contribution in [0.1, 0.15) is 42.5 Å². The third-order valence-electron chi connectivity index (χ3n) is 5.61. The van der Waals surface area contributed by atoms with Gasteiger partial charge in [0.1, 0.15) is 0 Å². The molecule has 1 N–H and O–H groups in total. The number of rotatable bonds is 5. The first-order valence-electron chi connectivity index (χ1n) is 9.92. The molecule has 30 heavy (non-hydrogen) atoms. The standard InChI is InChI=1S/C22H26F2N2O3S/c1-14-4-5-15(2)19(12-14)16(3)25-22(27)17-8-10-26(11-9-17)30(28,29)18-6-7-20(23)21(24)13-18/h4-7,12-13,16-17H,8-11H2,1-3H3,(H,25,27). The average Bonchev–Trinajstić information content (AvgIpc) is 2.71. The van der Waals surface area contributed by atoms with Crippen molar-refractivity contribution in [2.24, 2.45) is 5.92 Å². The molecule has 2 aromatic carbocycles. The number of nitrogens with zero attached hydrogens (tertiary/aromatic N) is 1. The number of carbonyl (C=O) groups excluding carboxylic acids is 1. The minimum Gasteiger partial charge on any atom is -0.349 e. The summed E-state index contributed by atoms with van der Waals surface area (Å²) in [6, 6.07) is 8.49. The Balaban J connectivity index is 1.62. The minimum atomic E-state index is -3.93. The summed E-state index contributed by atoms with van der Waals surface area (Å²) < 4.78 is 53.2. The predicted octanol–water partition coefficient (Wildman–Crippen LogP) is 3.86. The molecule has 0 aliphatic carbocycles. The van der Waals surface area contributed by atoms with Crippen molar-refractivity contribution >= 4 is 15.9 Å². The molecule has 1 atom stereocenters. The molecule has 1 saturated heterocycles. The van der Waals surface area contributed by atoms with E-state index in [0.717, 1.165) is 28.8 Å². The van der Waals surface area contributed by atoms with Gasteiger partial charge in [-0.15, -0.1) is 0 Å². The maximum atomic E-state index is 13.4. The number of nitrogens with one attached hydrogen (secondary N) is 1. The van der Waals surface area contributed by atoms with Gasteiger partial charge in [0, 0.05) is 19.0 Å². The van der Waals surface area contributed by atoms with Crippen molar-refractivity contribution < 1.29 is 22.0 Å². The van der Waals surface area contributed by atoms with Crippen LogP contribution in [0.4, 0.5) is 8.78 Å². The number of piperidine rings is 1. The zero-order chi connectivity index (χ0) is 22.1. The molecule has 2 aromatic rings. The average molecular weight is 437 g/mol. The Morgan fingerprint density at radius 1 is 1.07 bits per heavy atom. The fourth-order valence-electron chi connectivity index (χ4n) is 3.78. The number of halogens is 2. The maximum Gasteiger partial charge on any atom is 0.243 e. The fraction of sp³-hybridized carbons (Fsp3) is 0.409. The topological polar surface area (TPSA) is 66.5 Å². The monoisotopic (exact) mass is 436 g/mol. The van der Waals surface area contributed by atoms with Crippen LogP contribution in [0.3, 0.4) is 0 Å². The predicted molar refractivity (Wildman–Crippen MR) is 110 cm³/mol. The lowest BCUT2D eigenvalue weighted by molar-refractivity contribution is -0.126. The van der Waals surface area contributed by atoms with Crippen LogP contribution in [0.2, 0.25) is 0 Å². The molecule has 0 radical (unpaired) electrons. The summed E-state index contributed by atoms with van der Waals surface area (Å²) in [5.74, 6) is -2.70. The van der Waals surface area contributed by atoms with Crippen LogP contribution >= 0.6 is 0 Å². The van der Waals surface area contributed by atoms with Gasteiger partial charge in [-0.05, 0) is 62.9 Å². The molecule has 0 spiro atoms. The van der Waals surface area contributed by atoms with Crippen LogP contribution in [0.25, 0.3) is 0 Å². The van der Waals surface area contributed by atoms with Crippen LogP contribution in [0, 0.1) is 31.4 Å². The Kier molecular flexibility index (Phi) is 6.57. The van der Waals surface area contributed by atoms with Crippen LogP contribution in [0.5, 0.6) is 0 Å². The highest BCUT2D eigenvalue weighted by Crippen LogP contribution is 2.26. The molecule has 1 aliphatic rings. The normalized spacial score (nSPS) is 17.0. The van der Waals surface area contributed by atoms with Gasteiger partial charge in [0.2, 0.25) is 15.9 Å². The second kappa shape index (κ2) is 8.81. The number of hydrogen-bond donors (Lipinski definition) is 1. The van der Waals surface area contributed by atoms with E-state index in [1.165, 1.54) is 4.31 Å². The smallest absolute Gasteiger partial charge is 0.243 e. The molecule has 5 nitrogen and oxygen atoms in total. The van der Waals surface area contributed by atoms with Gasteiger partial charge in [0.15, 0.2) is 11.6 Å². The van der Waals surface area contributed by atoms with Gasteiger partial charge < -0.3 is 5.32 Å². The summed E-state index contributed by atoms with van der Waals surface area (Å²) >= 11 is 0. The summed E-state index contributed by atoms with van der Waals surface area (Å²) in [6.07, 6.45) is 0.739. The molecule has 1 amide bonds.